The number of ether oxygens (including phenoxy) is 1. The third-order valence-electron chi connectivity index (χ3n) is 4.82. The third-order valence-corrected chi connectivity index (χ3v) is 7.24. The topological polar surface area (TPSA) is 105 Å². The van der Waals surface area contributed by atoms with E-state index in [1.165, 1.54) is 17.9 Å². The Balaban J connectivity index is 1.37. The summed E-state index contributed by atoms with van der Waals surface area (Å²) in [5.41, 5.74) is 1.54. The summed E-state index contributed by atoms with van der Waals surface area (Å²) >= 11 is 1.68. The maximum Gasteiger partial charge on any atom is 0.331 e. The lowest BCUT2D eigenvalue weighted by molar-refractivity contribution is -0.153. The van der Waals surface area contributed by atoms with E-state index >= 15 is 0 Å². The minimum Gasteiger partial charge on any atom is -0.454 e. The number of hydrogen-bond donors (Lipinski definition) is 1. The molecule has 8 nitrogen and oxygen atoms in total. The van der Waals surface area contributed by atoms with Crippen molar-refractivity contribution in [1.29, 1.82) is 0 Å². The Morgan fingerprint density at radius 1 is 1.31 bits per heavy atom. The van der Waals surface area contributed by atoms with Gasteiger partial charge in [-0.05, 0) is 42.5 Å². The molecule has 1 atom stereocenters. The highest BCUT2D eigenvalue weighted by molar-refractivity contribution is 7.90. The van der Waals surface area contributed by atoms with Crippen molar-refractivity contribution >= 4 is 39.1 Å². The molecule has 2 aliphatic rings. The van der Waals surface area contributed by atoms with Crippen molar-refractivity contribution in [3.63, 3.8) is 0 Å². The number of nitrogens with zero attached hydrogens (tertiary/aromatic N) is 2. The van der Waals surface area contributed by atoms with Crippen molar-refractivity contribution < 1.29 is 22.7 Å². The van der Waals surface area contributed by atoms with Crippen LogP contribution in [0.25, 0.3) is 0 Å². The average Bonchev–Trinajstić information content (AvgIpc) is 3.27. The van der Waals surface area contributed by atoms with E-state index in [0.717, 1.165) is 12.0 Å². The second kappa shape index (κ2) is 7.60. The molecule has 152 valence electrons. The van der Waals surface area contributed by atoms with E-state index in [1.54, 1.807) is 34.4 Å². The van der Waals surface area contributed by atoms with E-state index < -0.39 is 22.0 Å². The van der Waals surface area contributed by atoms with Crippen molar-refractivity contribution in [3.05, 3.63) is 51.7 Å². The van der Waals surface area contributed by atoms with E-state index in [2.05, 4.69) is 9.71 Å². The predicted octanol–water partition coefficient (Wildman–Crippen LogP) is 1.30. The van der Waals surface area contributed by atoms with Crippen LogP contribution >= 0.6 is 11.3 Å². The number of benzene rings is 1. The van der Waals surface area contributed by atoms with E-state index in [9.17, 15) is 18.0 Å². The van der Waals surface area contributed by atoms with Gasteiger partial charge in [0.05, 0.1) is 4.90 Å². The number of thiophene rings is 1. The molecule has 0 fully saturated rings. The normalized spacial score (nSPS) is 19.2. The fourth-order valence-corrected chi connectivity index (χ4v) is 5.41. The Kier molecular flexibility index (Phi) is 5.13. The van der Waals surface area contributed by atoms with Crippen molar-refractivity contribution in [2.24, 2.45) is 4.99 Å². The Labute approximate surface area is 172 Å². The van der Waals surface area contributed by atoms with Crippen LogP contribution in [0.2, 0.25) is 0 Å². The average molecular weight is 434 g/mol. The number of fused-ring (bicyclic) bond motifs is 2. The number of sulfonamides is 1. The quantitative estimate of drug-likeness (QED) is 0.732. The number of carbonyl (C=O) groups excluding carboxylic acids is 2. The Hall–Kier alpha value is -2.72. The van der Waals surface area contributed by atoms with Crippen LogP contribution in [-0.2, 0) is 37.3 Å². The van der Waals surface area contributed by atoms with Gasteiger partial charge in [-0.2, -0.15) is 0 Å². The highest BCUT2D eigenvalue weighted by Crippen LogP contribution is 2.24. The van der Waals surface area contributed by atoms with E-state index in [1.807, 2.05) is 11.4 Å². The van der Waals surface area contributed by atoms with Gasteiger partial charge in [-0.1, -0.05) is 12.1 Å². The Bertz CT molecular complexity index is 1110. The fraction of sp³-hybridized carbons (Fsp3) is 0.316. The van der Waals surface area contributed by atoms with E-state index in [4.69, 9.17) is 4.74 Å². The van der Waals surface area contributed by atoms with E-state index in [-0.39, 0.29) is 23.2 Å². The van der Waals surface area contributed by atoms with Crippen LogP contribution in [0.5, 0.6) is 0 Å². The molecule has 10 heteroatoms. The number of esters is 1. The molecule has 0 unspecified atom stereocenters. The van der Waals surface area contributed by atoms with Crippen LogP contribution in [0.1, 0.15) is 22.9 Å². The largest absolute Gasteiger partial charge is 0.454 e. The van der Waals surface area contributed by atoms with Crippen LogP contribution in [0.4, 0.5) is 0 Å². The zero-order valence-electron chi connectivity index (χ0n) is 15.6. The highest BCUT2D eigenvalue weighted by Gasteiger charge is 2.31. The van der Waals surface area contributed by atoms with Crippen LogP contribution in [0.3, 0.4) is 0 Å². The summed E-state index contributed by atoms with van der Waals surface area (Å²) in [7, 11) is -3.68. The second-order valence-corrected chi connectivity index (χ2v) is 9.45. The lowest BCUT2D eigenvalue weighted by Gasteiger charge is -2.26. The van der Waals surface area contributed by atoms with Crippen molar-refractivity contribution in [2.75, 3.05) is 13.2 Å². The third kappa shape index (κ3) is 3.90. The maximum absolute atomic E-state index is 12.4. The molecule has 2 aromatic rings. The van der Waals surface area contributed by atoms with Gasteiger partial charge in [-0.3, -0.25) is 14.5 Å². The summed E-state index contributed by atoms with van der Waals surface area (Å²) < 4.78 is 31.7. The first-order chi connectivity index (χ1) is 13.8. The van der Waals surface area contributed by atoms with Crippen LogP contribution in [0, 0.1) is 0 Å². The van der Waals surface area contributed by atoms with Gasteiger partial charge in [0.15, 0.2) is 6.61 Å². The van der Waals surface area contributed by atoms with Gasteiger partial charge in [0.25, 0.3) is 15.9 Å². The predicted molar refractivity (Wildman–Crippen MR) is 107 cm³/mol. The van der Waals surface area contributed by atoms with Gasteiger partial charge in [-0.25, -0.2) is 13.2 Å². The summed E-state index contributed by atoms with van der Waals surface area (Å²) in [4.78, 5) is 31.9. The monoisotopic (exact) mass is 433 g/mol. The molecular weight excluding hydrogens is 414 g/mol. The maximum atomic E-state index is 12.4. The first-order valence-electron chi connectivity index (χ1n) is 9.05. The molecule has 1 amide bonds. The number of amides is 1. The summed E-state index contributed by atoms with van der Waals surface area (Å²) in [6, 6.07) is 7.43. The van der Waals surface area contributed by atoms with Gasteiger partial charge < -0.3 is 9.64 Å². The Morgan fingerprint density at radius 3 is 2.93 bits per heavy atom. The van der Waals surface area contributed by atoms with Crippen molar-refractivity contribution in [1.82, 2.24) is 9.62 Å². The molecule has 0 saturated heterocycles. The molecule has 3 heterocycles. The smallest absolute Gasteiger partial charge is 0.331 e. The molecule has 1 aromatic carbocycles. The molecule has 4 rings (SSSR count). The number of hydrogen-bond acceptors (Lipinski definition) is 7. The number of aliphatic imine (C=N–C) groups is 1. The molecule has 0 radical (unpaired) electrons. The standard InChI is InChI=1S/C19H19N3O5S2/c1-12(20-18-14-4-2-3-5-16(14)29(25,26)21-18)19(24)27-11-17(23)22-8-6-15-13(10-22)7-9-28-15/h2-5,7,9,12H,6,8,10-11H2,1H3,(H,20,21)/t12-/m0/s1. The van der Waals surface area contributed by atoms with Crippen molar-refractivity contribution in [3.8, 4) is 0 Å². The summed E-state index contributed by atoms with van der Waals surface area (Å²) in [5.74, 6) is -0.859. The van der Waals surface area contributed by atoms with Gasteiger partial charge in [-0.15, -0.1) is 11.3 Å². The highest BCUT2D eigenvalue weighted by atomic mass is 32.2. The first-order valence-corrected chi connectivity index (χ1v) is 11.4. The molecule has 29 heavy (non-hydrogen) atoms. The Morgan fingerprint density at radius 2 is 2.10 bits per heavy atom. The minimum atomic E-state index is -3.68. The number of amidine groups is 1. The number of carbonyl (C=O) groups is 2. The first kappa shape index (κ1) is 19.6. The molecule has 0 bridgehead atoms. The summed E-state index contributed by atoms with van der Waals surface area (Å²) in [6.07, 6.45) is 0.802. The molecule has 0 saturated carbocycles. The molecule has 0 aliphatic carbocycles. The second-order valence-electron chi connectivity index (χ2n) is 6.80. The molecular formula is C19H19N3O5S2. The molecule has 2 aliphatic heterocycles. The zero-order valence-corrected chi connectivity index (χ0v) is 17.3. The lowest BCUT2D eigenvalue weighted by atomic mass is 10.1. The fourth-order valence-electron chi connectivity index (χ4n) is 3.28. The van der Waals surface area contributed by atoms with Crippen LogP contribution in [0.15, 0.2) is 45.6 Å². The molecule has 1 aromatic heterocycles. The van der Waals surface area contributed by atoms with Gasteiger partial charge >= 0.3 is 5.97 Å². The molecule has 1 N–H and O–H groups in total. The van der Waals surface area contributed by atoms with Crippen molar-refractivity contribution in [2.45, 2.75) is 30.8 Å². The number of rotatable bonds is 4. The SMILES string of the molecule is C[C@H](N=C1NS(=O)(=O)c2ccccc21)C(=O)OCC(=O)N1CCc2sccc2C1. The van der Waals surface area contributed by atoms with Crippen LogP contribution < -0.4 is 4.72 Å². The summed E-state index contributed by atoms with van der Waals surface area (Å²) in [5, 5.41) is 2.01. The minimum absolute atomic E-state index is 0.0948. The zero-order chi connectivity index (χ0) is 20.6. The summed E-state index contributed by atoms with van der Waals surface area (Å²) in [6.45, 7) is 2.25. The lowest BCUT2D eigenvalue weighted by Crippen LogP contribution is -2.38. The molecule has 0 spiro atoms. The number of nitrogens with one attached hydrogen (secondary N) is 1. The van der Waals surface area contributed by atoms with Crippen LogP contribution in [-0.4, -0.2) is 50.2 Å². The van der Waals surface area contributed by atoms with Gasteiger partial charge in [0.1, 0.15) is 11.9 Å². The van der Waals surface area contributed by atoms with Gasteiger partial charge in [0.2, 0.25) is 0 Å². The van der Waals surface area contributed by atoms with Gasteiger partial charge in [0, 0.05) is 23.5 Å². The van der Waals surface area contributed by atoms with E-state index in [0.29, 0.717) is 18.7 Å².